The van der Waals surface area contributed by atoms with Gasteiger partial charge in [-0.2, -0.15) is 0 Å². The van der Waals surface area contributed by atoms with Gasteiger partial charge in [0, 0.05) is 44.2 Å². The van der Waals surface area contributed by atoms with Crippen molar-refractivity contribution >= 4 is 17.2 Å². The van der Waals surface area contributed by atoms with Crippen molar-refractivity contribution in [3.63, 3.8) is 0 Å². The molecule has 0 N–H and O–H groups in total. The van der Waals surface area contributed by atoms with E-state index in [9.17, 15) is 4.79 Å². The molecule has 1 aliphatic rings. The first-order valence-electron chi connectivity index (χ1n) is 12.4. The number of methoxy groups -OCH3 is 6. The van der Waals surface area contributed by atoms with E-state index in [1.807, 2.05) is 35.2 Å². The number of benzene rings is 2. The lowest BCUT2D eigenvalue weighted by Gasteiger charge is -2.41. The van der Waals surface area contributed by atoms with Gasteiger partial charge in [-0.1, -0.05) is 0 Å². The van der Waals surface area contributed by atoms with Crippen LogP contribution in [0.2, 0.25) is 0 Å². The lowest BCUT2D eigenvalue weighted by molar-refractivity contribution is 0.0194. The highest BCUT2D eigenvalue weighted by Gasteiger charge is 2.32. The molecule has 3 aromatic rings. The first kappa shape index (κ1) is 28.5. The Kier molecular flexibility index (Phi) is 9.50. The fraction of sp³-hybridized carbons (Fsp3) is 0.429. The summed E-state index contributed by atoms with van der Waals surface area (Å²) in [4.78, 5) is 22.4. The number of piperazine rings is 1. The maximum absolute atomic E-state index is 13.6. The molecule has 39 heavy (non-hydrogen) atoms. The zero-order valence-corrected chi connectivity index (χ0v) is 24.0. The number of rotatable bonds is 11. The van der Waals surface area contributed by atoms with Gasteiger partial charge in [-0.25, -0.2) is 4.98 Å². The van der Waals surface area contributed by atoms with E-state index in [0.29, 0.717) is 67.2 Å². The van der Waals surface area contributed by atoms with Gasteiger partial charge in [-0.05, 0) is 35.9 Å². The molecule has 1 aliphatic heterocycles. The van der Waals surface area contributed by atoms with Crippen LogP contribution in [-0.2, 0) is 11.3 Å². The molecule has 4 rings (SSSR count). The van der Waals surface area contributed by atoms with Gasteiger partial charge in [0.1, 0.15) is 10.7 Å². The van der Waals surface area contributed by atoms with E-state index < -0.39 is 0 Å². The van der Waals surface area contributed by atoms with Crippen molar-refractivity contribution < 1.29 is 33.2 Å². The fourth-order valence-electron chi connectivity index (χ4n) is 4.77. The first-order valence-corrected chi connectivity index (χ1v) is 13.3. The molecule has 0 spiro atoms. The third-order valence-corrected chi connectivity index (χ3v) is 7.56. The molecule has 10 nitrogen and oxygen atoms in total. The monoisotopic (exact) mass is 557 g/mol. The molecule has 1 fully saturated rings. The van der Waals surface area contributed by atoms with Gasteiger partial charge in [-0.15, -0.1) is 11.3 Å². The van der Waals surface area contributed by atoms with E-state index in [1.165, 1.54) is 11.3 Å². The van der Waals surface area contributed by atoms with Gasteiger partial charge < -0.3 is 33.3 Å². The predicted octanol–water partition coefficient (Wildman–Crippen LogP) is 3.83. The Hall–Kier alpha value is -3.54. The number of amides is 1. The second-order valence-corrected chi connectivity index (χ2v) is 9.84. The lowest BCUT2D eigenvalue weighted by atomic mass is 10.1. The number of hydrogen-bond donors (Lipinski definition) is 0. The van der Waals surface area contributed by atoms with Gasteiger partial charge in [0.2, 0.25) is 5.75 Å². The van der Waals surface area contributed by atoms with Crippen LogP contribution in [0.25, 0.3) is 10.6 Å². The molecule has 0 radical (unpaired) electrons. The number of nitrogens with zero attached hydrogens (tertiary/aromatic N) is 3. The minimum absolute atomic E-state index is 0.104. The lowest BCUT2D eigenvalue weighted by Crippen LogP contribution is -2.56. The van der Waals surface area contributed by atoms with Crippen LogP contribution < -0.4 is 23.7 Å². The van der Waals surface area contributed by atoms with E-state index in [4.69, 9.17) is 28.4 Å². The molecule has 1 unspecified atom stereocenters. The molecule has 0 bridgehead atoms. The standard InChI is InChI=1S/C28H35N3O7S/c1-33-16-20-15-30(14-18-11-24(36-4)26(38-6)25(12-18)37-5)9-10-31(20)28(32)21-17-39-27(29-21)19-7-8-22(34-2)23(13-19)35-3/h7-8,11-13,17,20H,9-10,14-16H2,1-6H3. The molecule has 1 atom stereocenters. The van der Waals surface area contributed by atoms with Crippen molar-refractivity contribution in [2.24, 2.45) is 0 Å². The highest BCUT2D eigenvalue weighted by atomic mass is 32.1. The SMILES string of the molecule is COCC1CN(Cc2cc(OC)c(OC)c(OC)c2)CCN1C(=O)c1csc(-c2ccc(OC)c(OC)c2)n1. The maximum atomic E-state index is 13.6. The van der Waals surface area contributed by atoms with Crippen LogP contribution in [0.4, 0.5) is 0 Å². The predicted molar refractivity (Wildman–Crippen MR) is 149 cm³/mol. The molecule has 1 aromatic heterocycles. The number of aromatic nitrogens is 1. The van der Waals surface area contributed by atoms with Crippen molar-refractivity contribution in [3.05, 3.63) is 47.0 Å². The van der Waals surface area contributed by atoms with Crippen molar-refractivity contribution in [1.29, 1.82) is 0 Å². The van der Waals surface area contributed by atoms with Gasteiger partial charge in [0.05, 0.1) is 48.2 Å². The second-order valence-electron chi connectivity index (χ2n) is 8.98. The highest BCUT2D eigenvalue weighted by molar-refractivity contribution is 7.13. The molecular formula is C28H35N3O7S. The zero-order valence-electron chi connectivity index (χ0n) is 23.2. The van der Waals surface area contributed by atoms with Crippen molar-refractivity contribution in [1.82, 2.24) is 14.8 Å². The molecule has 0 saturated carbocycles. The maximum Gasteiger partial charge on any atom is 0.273 e. The summed E-state index contributed by atoms with van der Waals surface area (Å²) in [6, 6.07) is 9.39. The smallest absolute Gasteiger partial charge is 0.273 e. The van der Waals surface area contributed by atoms with E-state index in [0.717, 1.165) is 16.1 Å². The van der Waals surface area contributed by atoms with Crippen LogP contribution in [0.15, 0.2) is 35.7 Å². The average molecular weight is 558 g/mol. The largest absolute Gasteiger partial charge is 0.493 e. The summed E-state index contributed by atoms with van der Waals surface area (Å²) in [7, 11) is 9.64. The Balaban J connectivity index is 1.48. The summed E-state index contributed by atoms with van der Waals surface area (Å²) in [6.07, 6.45) is 0. The van der Waals surface area contributed by atoms with Gasteiger partial charge >= 0.3 is 0 Å². The number of carbonyl (C=O) groups is 1. The minimum Gasteiger partial charge on any atom is -0.493 e. The van der Waals surface area contributed by atoms with Crippen LogP contribution in [0.5, 0.6) is 28.7 Å². The fourth-order valence-corrected chi connectivity index (χ4v) is 5.56. The average Bonchev–Trinajstić information content (AvgIpc) is 3.46. The van der Waals surface area contributed by atoms with Gasteiger partial charge in [0.25, 0.3) is 5.91 Å². The molecular weight excluding hydrogens is 522 g/mol. The summed E-state index contributed by atoms with van der Waals surface area (Å²) in [5.74, 6) is 2.94. The minimum atomic E-state index is -0.121. The van der Waals surface area contributed by atoms with E-state index in [-0.39, 0.29) is 11.9 Å². The summed E-state index contributed by atoms with van der Waals surface area (Å²) >= 11 is 1.42. The third-order valence-electron chi connectivity index (χ3n) is 6.67. The van der Waals surface area contributed by atoms with Crippen molar-refractivity contribution in [2.45, 2.75) is 12.6 Å². The Morgan fingerprint density at radius 3 is 2.21 bits per heavy atom. The summed E-state index contributed by atoms with van der Waals surface area (Å²) in [5.41, 5.74) is 2.31. The summed E-state index contributed by atoms with van der Waals surface area (Å²) in [5, 5.41) is 2.55. The van der Waals surface area contributed by atoms with Gasteiger partial charge in [0.15, 0.2) is 23.0 Å². The second kappa shape index (κ2) is 13.0. The van der Waals surface area contributed by atoms with Crippen LogP contribution in [0.3, 0.4) is 0 Å². The molecule has 1 saturated heterocycles. The van der Waals surface area contributed by atoms with E-state index in [1.54, 1.807) is 48.0 Å². The Morgan fingerprint density at radius 1 is 0.897 bits per heavy atom. The van der Waals surface area contributed by atoms with Crippen LogP contribution in [0, 0.1) is 0 Å². The van der Waals surface area contributed by atoms with Crippen LogP contribution in [0.1, 0.15) is 16.1 Å². The number of thiazole rings is 1. The molecule has 2 aromatic carbocycles. The van der Waals surface area contributed by atoms with Crippen molar-refractivity contribution in [2.75, 3.05) is 68.9 Å². The molecule has 11 heteroatoms. The normalized spacial score (nSPS) is 15.6. The first-order chi connectivity index (χ1) is 19.0. The molecule has 1 amide bonds. The molecule has 0 aliphatic carbocycles. The molecule has 210 valence electrons. The Morgan fingerprint density at radius 2 is 1.59 bits per heavy atom. The summed E-state index contributed by atoms with van der Waals surface area (Å²) < 4.78 is 32.7. The Bertz CT molecular complexity index is 1260. The Labute approximate surface area is 233 Å². The van der Waals surface area contributed by atoms with E-state index >= 15 is 0 Å². The number of carbonyl (C=O) groups excluding carboxylic acids is 1. The number of hydrogen-bond acceptors (Lipinski definition) is 10. The number of ether oxygens (including phenoxy) is 6. The molecule has 2 heterocycles. The summed E-state index contributed by atoms with van der Waals surface area (Å²) in [6.45, 7) is 3.00. The van der Waals surface area contributed by atoms with E-state index in [2.05, 4.69) is 9.88 Å². The van der Waals surface area contributed by atoms with Crippen LogP contribution in [-0.4, -0.2) is 95.6 Å². The zero-order chi connectivity index (χ0) is 27.9. The highest BCUT2D eigenvalue weighted by Crippen LogP contribution is 2.39. The third kappa shape index (κ3) is 6.21. The topological polar surface area (TPSA) is 91.8 Å². The van der Waals surface area contributed by atoms with Gasteiger partial charge in [-0.3, -0.25) is 9.69 Å². The quantitative estimate of drug-likeness (QED) is 0.349. The van der Waals surface area contributed by atoms with Crippen LogP contribution >= 0.6 is 11.3 Å². The van der Waals surface area contributed by atoms with Crippen molar-refractivity contribution in [3.8, 4) is 39.3 Å².